The summed E-state index contributed by atoms with van der Waals surface area (Å²) in [6, 6.07) is 14.6. The van der Waals surface area contributed by atoms with Crippen LogP contribution in [0.1, 0.15) is 17.5 Å². The van der Waals surface area contributed by atoms with E-state index >= 15 is 0 Å². The van der Waals surface area contributed by atoms with Crippen molar-refractivity contribution in [1.29, 1.82) is 0 Å². The second-order valence-corrected chi connectivity index (χ2v) is 5.65. The number of aryl methyl sites for hydroxylation is 2. The van der Waals surface area contributed by atoms with E-state index in [4.69, 9.17) is 0 Å². The van der Waals surface area contributed by atoms with Gasteiger partial charge in [-0.1, -0.05) is 36.4 Å². The predicted molar refractivity (Wildman–Crippen MR) is 89.5 cm³/mol. The first kappa shape index (κ1) is 15.3. The number of carbonyl (C=O) groups excluding carboxylic acids is 1. The summed E-state index contributed by atoms with van der Waals surface area (Å²) >= 11 is 0. The first-order valence-electron chi connectivity index (χ1n) is 7.68. The van der Waals surface area contributed by atoms with Crippen LogP contribution in [-0.2, 0) is 24.8 Å². The van der Waals surface area contributed by atoms with E-state index in [-0.39, 0.29) is 18.3 Å². The zero-order valence-electron chi connectivity index (χ0n) is 13.1. The summed E-state index contributed by atoms with van der Waals surface area (Å²) in [6.07, 6.45) is 3.13. The Labute approximate surface area is 134 Å². The fourth-order valence-corrected chi connectivity index (χ4v) is 2.80. The normalized spacial score (nSPS) is 10.9. The lowest BCUT2D eigenvalue weighted by Crippen LogP contribution is -2.23. The molecule has 0 fully saturated rings. The van der Waals surface area contributed by atoms with Gasteiger partial charge in [-0.05, 0) is 24.1 Å². The van der Waals surface area contributed by atoms with E-state index < -0.39 is 0 Å². The number of rotatable bonds is 5. The first-order chi connectivity index (χ1) is 11.1. The number of hydrogen-bond donors (Lipinski definition) is 1. The lowest BCUT2D eigenvalue weighted by atomic mass is 10.1. The lowest BCUT2D eigenvalue weighted by molar-refractivity contribution is -0.121. The number of nitrogens with zero attached hydrogens (tertiary/aromatic N) is 1. The van der Waals surface area contributed by atoms with Crippen LogP contribution in [0, 0.1) is 5.82 Å². The van der Waals surface area contributed by atoms with Crippen molar-refractivity contribution >= 4 is 16.8 Å². The van der Waals surface area contributed by atoms with Crippen LogP contribution in [-0.4, -0.2) is 10.5 Å². The van der Waals surface area contributed by atoms with Gasteiger partial charge in [-0.25, -0.2) is 4.39 Å². The SMILES string of the molecule is Cn1cc(CCC(=O)NCc2ccccc2F)c2ccccc21. The highest BCUT2D eigenvalue weighted by Gasteiger charge is 2.09. The van der Waals surface area contributed by atoms with Crippen molar-refractivity contribution in [2.75, 3.05) is 0 Å². The van der Waals surface area contributed by atoms with Gasteiger partial charge in [-0.15, -0.1) is 0 Å². The Bertz CT molecular complexity index is 838. The topological polar surface area (TPSA) is 34.0 Å². The van der Waals surface area contributed by atoms with Crippen LogP contribution in [0.4, 0.5) is 4.39 Å². The summed E-state index contributed by atoms with van der Waals surface area (Å²) < 4.78 is 15.6. The molecule has 0 saturated carbocycles. The summed E-state index contributed by atoms with van der Waals surface area (Å²) in [7, 11) is 2.00. The molecule has 0 unspecified atom stereocenters. The number of para-hydroxylation sites is 1. The van der Waals surface area contributed by atoms with E-state index in [2.05, 4.69) is 28.2 Å². The van der Waals surface area contributed by atoms with Gasteiger partial charge in [0.05, 0.1) is 0 Å². The molecular weight excluding hydrogens is 291 g/mol. The Hall–Kier alpha value is -2.62. The lowest BCUT2D eigenvalue weighted by Gasteiger charge is -2.06. The maximum atomic E-state index is 13.5. The molecule has 1 amide bonds. The van der Waals surface area contributed by atoms with Crippen LogP contribution in [0.3, 0.4) is 0 Å². The molecule has 0 aliphatic carbocycles. The highest BCUT2D eigenvalue weighted by Crippen LogP contribution is 2.21. The molecular formula is C19H19FN2O. The van der Waals surface area contributed by atoms with Gasteiger partial charge >= 0.3 is 0 Å². The molecule has 1 heterocycles. The Balaban J connectivity index is 1.59. The molecule has 0 atom stereocenters. The molecule has 3 nitrogen and oxygen atoms in total. The van der Waals surface area contributed by atoms with Gasteiger partial charge in [-0.2, -0.15) is 0 Å². The molecule has 0 spiro atoms. The van der Waals surface area contributed by atoms with Crippen LogP contribution in [0.5, 0.6) is 0 Å². The van der Waals surface area contributed by atoms with Crippen molar-refractivity contribution in [1.82, 2.24) is 9.88 Å². The fourth-order valence-electron chi connectivity index (χ4n) is 2.80. The number of hydrogen-bond acceptors (Lipinski definition) is 1. The highest BCUT2D eigenvalue weighted by atomic mass is 19.1. The number of amides is 1. The van der Waals surface area contributed by atoms with Gasteiger partial charge in [0.15, 0.2) is 0 Å². The smallest absolute Gasteiger partial charge is 0.220 e. The molecule has 1 N–H and O–H groups in total. The van der Waals surface area contributed by atoms with Crippen molar-refractivity contribution in [2.24, 2.45) is 7.05 Å². The van der Waals surface area contributed by atoms with Crippen molar-refractivity contribution in [3.8, 4) is 0 Å². The van der Waals surface area contributed by atoms with Crippen LogP contribution in [0.25, 0.3) is 10.9 Å². The zero-order valence-corrected chi connectivity index (χ0v) is 13.1. The molecule has 0 aliphatic rings. The summed E-state index contributed by atoms with van der Waals surface area (Å²) in [5, 5.41) is 3.96. The van der Waals surface area contributed by atoms with Crippen molar-refractivity contribution in [3.63, 3.8) is 0 Å². The van der Waals surface area contributed by atoms with E-state index in [9.17, 15) is 9.18 Å². The second kappa shape index (κ2) is 6.65. The van der Waals surface area contributed by atoms with Gasteiger partial charge < -0.3 is 9.88 Å². The molecule has 2 aromatic carbocycles. The molecule has 23 heavy (non-hydrogen) atoms. The van der Waals surface area contributed by atoms with Crippen LogP contribution in [0.15, 0.2) is 54.7 Å². The Morgan fingerprint density at radius 1 is 1.09 bits per heavy atom. The number of benzene rings is 2. The van der Waals surface area contributed by atoms with Gasteiger partial charge in [0.2, 0.25) is 5.91 Å². The van der Waals surface area contributed by atoms with Crippen LogP contribution < -0.4 is 5.32 Å². The van der Waals surface area contributed by atoms with Crippen molar-refractivity contribution in [3.05, 3.63) is 71.7 Å². The van der Waals surface area contributed by atoms with Gasteiger partial charge in [0, 0.05) is 42.7 Å². The Kier molecular flexibility index (Phi) is 4.42. The average molecular weight is 310 g/mol. The summed E-state index contributed by atoms with van der Waals surface area (Å²) in [6.45, 7) is 0.223. The zero-order chi connectivity index (χ0) is 16.2. The van der Waals surface area contributed by atoms with Crippen LogP contribution >= 0.6 is 0 Å². The number of aromatic nitrogens is 1. The minimum atomic E-state index is -0.290. The first-order valence-corrected chi connectivity index (χ1v) is 7.68. The quantitative estimate of drug-likeness (QED) is 0.768. The molecule has 0 aliphatic heterocycles. The minimum Gasteiger partial charge on any atom is -0.352 e. The van der Waals surface area contributed by atoms with E-state index in [0.29, 0.717) is 18.4 Å². The fraction of sp³-hybridized carbons (Fsp3) is 0.211. The van der Waals surface area contributed by atoms with E-state index in [1.165, 1.54) is 11.5 Å². The van der Waals surface area contributed by atoms with Crippen molar-refractivity contribution < 1.29 is 9.18 Å². The number of nitrogens with one attached hydrogen (secondary N) is 1. The summed E-state index contributed by atoms with van der Waals surface area (Å²) in [5.41, 5.74) is 2.82. The third-order valence-corrected chi connectivity index (χ3v) is 4.03. The molecule has 0 saturated heterocycles. The van der Waals surface area contributed by atoms with Crippen LogP contribution in [0.2, 0.25) is 0 Å². The van der Waals surface area contributed by atoms with E-state index in [1.54, 1.807) is 18.2 Å². The molecule has 0 bridgehead atoms. The van der Waals surface area contributed by atoms with E-state index in [0.717, 1.165) is 11.1 Å². The number of carbonyl (C=O) groups is 1. The Morgan fingerprint density at radius 2 is 1.83 bits per heavy atom. The van der Waals surface area contributed by atoms with Gasteiger partial charge in [0.25, 0.3) is 0 Å². The molecule has 118 valence electrons. The molecule has 1 aromatic heterocycles. The standard InChI is InChI=1S/C19H19FN2O/c1-22-13-15(16-7-3-5-9-18(16)22)10-11-19(23)21-12-14-6-2-4-8-17(14)20/h2-9,13H,10-12H2,1H3,(H,21,23). The average Bonchev–Trinajstić information content (AvgIpc) is 2.89. The van der Waals surface area contributed by atoms with Crippen molar-refractivity contribution in [2.45, 2.75) is 19.4 Å². The molecule has 4 heteroatoms. The molecule has 3 rings (SSSR count). The predicted octanol–water partition coefficient (Wildman–Crippen LogP) is 3.57. The van der Waals surface area contributed by atoms with Gasteiger partial charge in [0.1, 0.15) is 5.82 Å². The number of halogens is 1. The maximum Gasteiger partial charge on any atom is 0.220 e. The number of fused-ring (bicyclic) bond motifs is 1. The minimum absolute atomic E-state index is 0.0683. The maximum absolute atomic E-state index is 13.5. The summed E-state index contributed by atoms with van der Waals surface area (Å²) in [4.78, 5) is 12.0. The molecule has 0 radical (unpaired) electrons. The third kappa shape index (κ3) is 3.42. The largest absolute Gasteiger partial charge is 0.352 e. The second-order valence-electron chi connectivity index (χ2n) is 5.65. The highest BCUT2D eigenvalue weighted by molar-refractivity contribution is 5.84. The Morgan fingerprint density at radius 3 is 2.65 bits per heavy atom. The van der Waals surface area contributed by atoms with Gasteiger partial charge in [-0.3, -0.25) is 4.79 Å². The van der Waals surface area contributed by atoms with E-state index in [1.807, 2.05) is 19.2 Å². The monoisotopic (exact) mass is 310 g/mol. The third-order valence-electron chi connectivity index (χ3n) is 4.03. The summed E-state index contributed by atoms with van der Waals surface area (Å²) in [5.74, 6) is -0.358. The molecule has 3 aromatic rings.